The van der Waals surface area contributed by atoms with Crippen LogP contribution in [0.2, 0.25) is 5.02 Å². The van der Waals surface area contributed by atoms with Crippen molar-refractivity contribution in [2.75, 3.05) is 24.0 Å². The van der Waals surface area contributed by atoms with Crippen LogP contribution in [0.25, 0.3) is 0 Å². The lowest BCUT2D eigenvalue weighted by atomic mass is 10.1. The zero-order valence-corrected chi connectivity index (χ0v) is 25.1. The largest absolute Gasteiger partial charge is 0.494 e. The van der Waals surface area contributed by atoms with Crippen molar-refractivity contribution in [1.29, 1.82) is 0 Å². The first kappa shape index (κ1) is 30.5. The van der Waals surface area contributed by atoms with Gasteiger partial charge in [-0.1, -0.05) is 39.7 Å². The van der Waals surface area contributed by atoms with E-state index in [9.17, 15) is 18.0 Å². The van der Waals surface area contributed by atoms with E-state index in [0.29, 0.717) is 23.9 Å². The molecule has 208 valence electrons. The number of anilines is 1. The third-order valence-corrected chi connectivity index (χ3v) is 8.47. The molecular weight excluding hydrogens is 606 g/mol. The molecule has 0 aromatic heterocycles. The van der Waals surface area contributed by atoms with Gasteiger partial charge < -0.3 is 15.0 Å². The number of amides is 2. The van der Waals surface area contributed by atoms with Crippen molar-refractivity contribution in [3.05, 3.63) is 87.9 Å². The first-order chi connectivity index (χ1) is 18.6. The smallest absolute Gasteiger partial charge is 0.264 e. The Labute approximate surface area is 243 Å². The van der Waals surface area contributed by atoms with Crippen LogP contribution in [0.15, 0.2) is 82.2 Å². The van der Waals surface area contributed by atoms with Gasteiger partial charge in [-0.05, 0) is 87.0 Å². The van der Waals surface area contributed by atoms with E-state index in [1.54, 1.807) is 74.5 Å². The van der Waals surface area contributed by atoms with E-state index < -0.39 is 28.5 Å². The SMILES string of the molecule is CCNC(=O)[C@@H](C)N(Cc1ccc(Cl)cc1)C(=O)CN(c1ccc(OCC)cc1)S(=O)(=O)c1ccc(Br)cc1. The van der Waals surface area contributed by atoms with E-state index in [0.717, 1.165) is 14.3 Å². The summed E-state index contributed by atoms with van der Waals surface area (Å²) in [5, 5.41) is 3.27. The Kier molecular flexibility index (Phi) is 10.8. The second-order valence-electron chi connectivity index (χ2n) is 8.61. The van der Waals surface area contributed by atoms with Gasteiger partial charge in [0.1, 0.15) is 18.3 Å². The van der Waals surface area contributed by atoms with Gasteiger partial charge in [-0.15, -0.1) is 0 Å². The predicted octanol–water partition coefficient (Wildman–Crippen LogP) is 5.25. The van der Waals surface area contributed by atoms with Crippen LogP contribution in [0.4, 0.5) is 5.69 Å². The molecule has 0 aliphatic carbocycles. The number of ether oxygens (including phenoxy) is 1. The van der Waals surface area contributed by atoms with Crippen molar-refractivity contribution in [3.63, 3.8) is 0 Å². The summed E-state index contributed by atoms with van der Waals surface area (Å²) in [6, 6.07) is 18.7. The molecule has 0 spiro atoms. The number of hydrogen-bond donors (Lipinski definition) is 1. The normalized spacial score (nSPS) is 11.9. The molecule has 0 aliphatic rings. The molecule has 2 amide bonds. The van der Waals surface area contributed by atoms with E-state index in [1.165, 1.54) is 17.0 Å². The summed E-state index contributed by atoms with van der Waals surface area (Å²) in [6.07, 6.45) is 0. The number of carbonyl (C=O) groups is 2. The molecule has 0 radical (unpaired) electrons. The van der Waals surface area contributed by atoms with Gasteiger partial charge in [-0.2, -0.15) is 0 Å². The Morgan fingerprint density at radius 2 is 1.59 bits per heavy atom. The summed E-state index contributed by atoms with van der Waals surface area (Å²) in [7, 11) is -4.15. The van der Waals surface area contributed by atoms with Crippen LogP contribution in [0.3, 0.4) is 0 Å². The van der Waals surface area contributed by atoms with Gasteiger partial charge in [0.15, 0.2) is 0 Å². The monoisotopic (exact) mass is 635 g/mol. The van der Waals surface area contributed by atoms with E-state index in [1.807, 2.05) is 6.92 Å². The van der Waals surface area contributed by atoms with Crippen molar-refractivity contribution >= 4 is 55.1 Å². The Morgan fingerprint density at radius 3 is 2.15 bits per heavy atom. The number of rotatable bonds is 12. The first-order valence-corrected chi connectivity index (χ1v) is 15.0. The highest BCUT2D eigenvalue weighted by Gasteiger charge is 2.32. The molecule has 0 bridgehead atoms. The lowest BCUT2D eigenvalue weighted by molar-refractivity contribution is -0.139. The molecule has 3 aromatic rings. The zero-order valence-electron chi connectivity index (χ0n) is 21.9. The maximum Gasteiger partial charge on any atom is 0.264 e. The third-order valence-electron chi connectivity index (χ3n) is 5.90. The molecule has 11 heteroatoms. The first-order valence-electron chi connectivity index (χ1n) is 12.4. The highest BCUT2D eigenvalue weighted by atomic mass is 79.9. The minimum atomic E-state index is -4.15. The van der Waals surface area contributed by atoms with Crippen LogP contribution >= 0.6 is 27.5 Å². The number of hydrogen-bond acceptors (Lipinski definition) is 5. The van der Waals surface area contributed by atoms with Crippen LogP contribution in [0, 0.1) is 0 Å². The van der Waals surface area contributed by atoms with Crippen LogP contribution < -0.4 is 14.4 Å². The Balaban J connectivity index is 2.02. The number of likely N-dealkylation sites (N-methyl/N-ethyl adjacent to an activating group) is 1. The lowest BCUT2D eigenvalue weighted by Gasteiger charge is -2.32. The van der Waals surface area contributed by atoms with Gasteiger partial charge in [0.25, 0.3) is 10.0 Å². The van der Waals surface area contributed by atoms with Crippen molar-refractivity contribution in [3.8, 4) is 5.75 Å². The fourth-order valence-corrected chi connectivity index (χ4v) is 5.63. The Morgan fingerprint density at radius 1 is 0.974 bits per heavy atom. The molecule has 1 atom stereocenters. The van der Waals surface area contributed by atoms with Gasteiger partial charge in [0.2, 0.25) is 11.8 Å². The molecule has 8 nitrogen and oxygen atoms in total. The van der Waals surface area contributed by atoms with Crippen molar-refractivity contribution in [1.82, 2.24) is 10.2 Å². The maximum atomic E-state index is 13.8. The maximum absolute atomic E-state index is 13.8. The van der Waals surface area contributed by atoms with Crippen molar-refractivity contribution in [2.24, 2.45) is 0 Å². The molecule has 3 rings (SSSR count). The minimum Gasteiger partial charge on any atom is -0.494 e. The molecule has 0 heterocycles. The second kappa shape index (κ2) is 13.8. The van der Waals surface area contributed by atoms with Gasteiger partial charge in [0, 0.05) is 22.6 Å². The second-order valence-corrected chi connectivity index (χ2v) is 11.8. The Hall–Kier alpha value is -3.08. The van der Waals surface area contributed by atoms with Crippen LogP contribution in [0.5, 0.6) is 5.75 Å². The van der Waals surface area contributed by atoms with Crippen LogP contribution in [0.1, 0.15) is 26.3 Å². The average molecular weight is 637 g/mol. The van der Waals surface area contributed by atoms with Crippen LogP contribution in [-0.2, 0) is 26.2 Å². The summed E-state index contributed by atoms with van der Waals surface area (Å²) in [5.41, 5.74) is 1.03. The van der Waals surface area contributed by atoms with E-state index in [4.69, 9.17) is 16.3 Å². The average Bonchev–Trinajstić information content (AvgIpc) is 2.92. The molecule has 0 unspecified atom stereocenters. The molecule has 0 saturated carbocycles. The number of nitrogens with one attached hydrogen (secondary N) is 1. The highest BCUT2D eigenvalue weighted by Crippen LogP contribution is 2.27. The summed E-state index contributed by atoms with van der Waals surface area (Å²) < 4.78 is 34.9. The minimum absolute atomic E-state index is 0.0217. The predicted molar refractivity (Wildman–Crippen MR) is 156 cm³/mol. The zero-order chi connectivity index (χ0) is 28.6. The van der Waals surface area contributed by atoms with Crippen LogP contribution in [-0.4, -0.2) is 50.9 Å². The number of carbonyl (C=O) groups excluding carboxylic acids is 2. The molecule has 1 N–H and O–H groups in total. The number of halogens is 2. The quantitative estimate of drug-likeness (QED) is 0.293. The number of nitrogens with zero attached hydrogens (tertiary/aromatic N) is 2. The molecule has 0 fully saturated rings. The topological polar surface area (TPSA) is 96.0 Å². The fraction of sp³-hybridized carbons (Fsp3) is 0.286. The summed E-state index contributed by atoms with van der Waals surface area (Å²) in [4.78, 5) is 28.0. The lowest BCUT2D eigenvalue weighted by Crippen LogP contribution is -2.51. The number of benzene rings is 3. The number of sulfonamides is 1. The van der Waals surface area contributed by atoms with Crippen molar-refractivity contribution < 1.29 is 22.7 Å². The molecule has 3 aromatic carbocycles. The highest BCUT2D eigenvalue weighted by molar-refractivity contribution is 9.10. The molecule has 39 heavy (non-hydrogen) atoms. The standard InChI is InChI=1S/C28H31BrClN3O5S/c1-4-31-28(35)20(3)32(18-21-6-10-23(30)11-7-21)27(34)19-33(24-12-14-25(15-13-24)38-5-2)39(36,37)26-16-8-22(29)9-17-26/h6-17,20H,4-5,18-19H2,1-3H3,(H,31,35)/t20-/m1/s1. The van der Waals surface area contributed by atoms with Gasteiger partial charge >= 0.3 is 0 Å². The molecule has 0 aliphatic heterocycles. The molecular formula is C28H31BrClN3O5S. The van der Waals surface area contributed by atoms with Gasteiger partial charge in [0.05, 0.1) is 17.2 Å². The van der Waals surface area contributed by atoms with Gasteiger partial charge in [-0.25, -0.2) is 8.42 Å². The molecule has 0 saturated heterocycles. The van der Waals surface area contributed by atoms with Crippen molar-refractivity contribution in [2.45, 2.75) is 38.3 Å². The van der Waals surface area contributed by atoms with E-state index in [-0.39, 0.29) is 23.0 Å². The summed E-state index contributed by atoms with van der Waals surface area (Å²) >= 11 is 9.35. The summed E-state index contributed by atoms with van der Waals surface area (Å²) in [6.45, 7) is 5.66. The third kappa shape index (κ3) is 7.97. The summed E-state index contributed by atoms with van der Waals surface area (Å²) in [5.74, 6) is -0.315. The van der Waals surface area contributed by atoms with E-state index in [2.05, 4.69) is 21.2 Å². The Bertz CT molecular complexity index is 1370. The fourth-order valence-electron chi connectivity index (χ4n) is 3.83. The van der Waals surface area contributed by atoms with Gasteiger partial charge in [-0.3, -0.25) is 13.9 Å². The van der Waals surface area contributed by atoms with E-state index >= 15 is 0 Å².